The predicted molar refractivity (Wildman–Crippen MR) is 132 cm³/mol. The van der Waals surface area contributed by atoms with Gasteiger partial charge in [0.05, 0.1) is 12.7 Å². The summed E-state index contributed by atoms with van der Waals surface area (Å²) in [4.78, 5) is 42.9. The highest BCUT2D eigenvalue weighted by molar-refractivity contribution is 5.99. The van der Waals surface area contributed by atoms with Crippen molar-refractivity contribution in [3.05, 3.63) is 35.4 Å². The van der Waals surface area contributed by atoms with Crippen LogP contribution >= 0.6 is 0 Å². The fourth-order valence-electron chi connectivity index (χ4n) is 5.54. The molecule has 0 saturated carbocycles. The zero-order valence-corrected chi connectivity index (χ0v) is 21.2. The second-order valence-corrected chi connectivity index (χ2v) is 10.1. The number of hydrogen-bond donors (Lipinski definition) is 1. The van der Waals surface area contributed by atoms with Crippen LogP contribution in [0.1, 0.15) is 61.4 Å². The molecule has 3 fully saturated rings. The molecule has 3 saturated heterocycles. The molecule has 0 radical (unpaired) electrons. The Morgan fingerprint density at radius 2 is 1.86 bits per heavy atom. The number of methoxy groups -OCH3 is 1. The molecule has 2 amide bonds. The maximum atomic E-state index is 13.4. The van der Waals surface area contributed by atoms with Crippen molar-refractivity contribution >= 4 is 17.6 Å². The summed E-state index contributed by atoms with van der Waals surface area (Å²) in [5.74, 6) is -0.0412. The number of rotatable bonds is 9. The van der Waals surface area contributed by atoms with Gasteiger partial charge in [-0.15, -0.1) is 0 Å². The van der Waals surface area contributed by atoms with Gasteiger partial charge in [0.15, 0.2) is 5.78 Å². The van der Waals surface area contributed by atoms with Crippen LogP contribution in [0.4, 0.5) is 0 Å². The number of carbonyl (C=O) groups excluding carboxylic acids is 3. The Hall–Kier alpha value is -2.29. The van der Waals surface area contributed by atoms with Crippen molar-refractivity contribution < 1.29 is 23.9 Å². The average molecular weight is 486 g/mol. The molecule has 0 spiro atoms. The number of fused-ring (bicyclic) bond motifs is 1. The highest BCUT2D eigenvalue weighted by Crippen LogP contribution is 2.30. The summed E-state index contributed by atoms with van der Waals surface area (Å²) >= 11 is 0. The molecule has 1 N–H and O–H groups in total. The Kier molecular flexibility index (Phi) is 8.57. The predicted octanol–water partition coefficient (Wildman–Crippen LogP) is 2.23. The van der Waals surface area contributed by atoms with Crippen LogP contribution in [0.2, 0.25) is 0 Å². The van der Waals surface area contributed by atoms with Gasteiger partial charge in [-0.25, -0.2) is 0 Å². The number of hydrogen-bond acceptors (Lipinski definition) is 6. The second kappa shape index (κ2) is 11.6. The molecule has 0 unspecified atom stereocenters. The number of Topliss-reactive ketones (excluding diaryl/α,β-unsaturated/α-hetero) is 1. The number of amides is 2. The van der Waals surface area contributed by atoms with Crippen molar-refractivity contribution in [1.82, 2.24) is 15.1 Å². The molecule has 0 aromatic heterocycles. The van der Waals surface area contributed by atoms with E-state index in [2.05, 4.69) is 10.2 Å². The van der Waals surface area contributed by atoms with Crippen LogP contribution in [0.15, 0.2) is 24.3 Å². The fraction of sp³-hybridized carbons (Fsp3) is 0.667. The van der Waals surface area contributed by atoms with Gasteiger partial charge in [-0.2, -0.15) is 0 Å². The molecule has 1 aromatic rings. The van der Waals surface area contributed by atoms with Gasteiger partial charge in [0.25, 0.3) is 5.91 Å². The number of nitrogens with zero attached hydrogens (tertiary/aromatic N) is 2. The van der Waals surface area contributed by atoms with E-state index < -0.39 is 12.1 Å². The molecule has 8 heteroatoms. The molecular weight excluding hydrogens is 446 g/mol. The van der Waals surface area contributed by atoms with Gasteiger partial charge >= 0.3 is 0 Å². The van der Waals surface area contributed by atoms with E-state index in [4.69, 9.17) is 9.47 Å². The van der Waals surface area contributed by atoms with Crippen molar-refractivity contribution in [3.8, 4) is 0 Å². The van der Waals surface area contributed by atoms with E-state index in [-0.39, 0.29) is 36.2 Å². The van der Waals surface area contributed by atoms with Gasteiger partial charge in [-0.1, -0.05) is 32.4 Å². The lowest BCUT2D eigenvalue weighted by Gasteiger charge is -2.32. The summed E-state index contributed by atoms with van der Waals surface area (Å²) in [5, 5.41) is 2.98. The quantitative estimate of drug-likeness (QED) is 0.577. The molecule has 8 nitrogen and oxygen atoms in total. The van der Waals surface area contributed by atoms with E-state index in [0.29, 0.717) is 24.4 Å². The van der Waals surface area contributed by atoms with Crippen LogP contribution < -0.4 is 5.32 Å². The Balaban J connectivity index is 1.38. The monoisotopic (exact) mass is 485 g/mol. The third-order valence-corrected chi connectivity index (χ3v) is 8.00. The zero-order valence-electron chi connectivity index (χ0n) is 21.2. The summed E-state index contributed by atoms with van der Waals surface area (Å²) in [6.45, 7) is 8.37. The first-order valence-corrected chi connectivity index (χ1v) is 13.0. The fourth-order valence-corrected chi connectivity index (χ4v) is 5.54. The van der Waals surface area contributed by atoms with Gasteiger partial charge in [-0.05, 0) is 61.9 Å². The first kappa shape index (κ1) is 25.8. The van der Waals surface area contributed by atoms with E-state index in [0.717, 1.165) is 45.5 Å². The normalized spacial score (nSPS) is 24.9. The summed E-state index contributed by atoms with van der Waals surface area (Å²) in [6, 6.07) is 6.64. The van der Waals surface area contributed by atoms with Crippen molar-refractivity contribution in [2.75, 3.05) is 46.5 Å². The minimum atomic E-state index is -0.671. The van der Waals surface area contributed by atoms with Crippen molar-refractivity contribution in [2.24, 2.45) is 5.92 Å². The molecular formula is C27H39N3O5. The first-order chi connectivity index (χ1) is 16.9. The summed E-state index contributed by atoms with van der Waals surface area (Å²) in [6.07, 6.45) is 3.39. The van der Waals surface area contributed by atoms with E-state index in [9.17, 15) is 14.4 Å². The maximum Gasteiger partial charge on any atom is 0.251 e. The average Bonchev–Trinajstić information content (AvgIpc) is 3.48. The number of ether oxygens (including phenoxy) is 2. The second-order valence-electron chi connectivity index (χ2n) is 10.1. The lowest BCUT2D eigenvalue weighted by molar-refractivity contribution is -0.139. The van der Waals surface area contributed by atoms with Crippen LogP contribution in [0.25, 0.3) is 0 Å². The van der Waals surface area contributed by atoms with E-state index in [1.807, 2.05) is 38.1 Å². The molecule has 3 aliphatic heterocycles. The Labute approximate surface area is 208 Å². The number of carbonyl (C=O) groups is 3. The van der Waals surface area contributed by atoms with Crippen LogP contribution in [0.5, 0.6) is 0 Å². The highest BCUT2D eigenvalue weighted by atomic mass is 16.5. The number of likely N-dealkylation sites (tertiary alicyclic amines) is 2. The number of piperidine rings is 1. The topological polar surface area (TPSA) is 88.2 Å². The van der Waals surface area contributed by atoms with Crippen LogP contribution in [-0.4, -0.2) is 92.1 Å². The minimum absolute atomic E-state index is 0.0461. The maximum absolute atomic E-state index is 13.4. The lowest BCUT2D eigenvalue weighted by atomic mass is 9.89. The summed E-state index contributed by atoms with van der Waals surface area (Å²) in [7, 11) is 1.73. The SMILES string of the molecule is CC[C@H](C)[C@H](NC(=O)c1ccc(C2CCN(CCOC)CC2)cc1)C(=O)N1CC[C@H]2OCC(=O)[C@H]21. The molecule has 3 heterocycles. The molecule has 4 rings (SSSR count). The largest absolute Gasteiger partial charge is 0.383 e. The molecule has 4 atom stereocenters. The zero-order chi connectivity index (χ0) is 24.9. The van der Waals surface area contributed by atoms with Crippen LogP contribution in [0, 0.1) is 5.92 Å². The summed E-state index contributed by atoms with van der Waals surface area (Å²) in [5.41, 5.74) is 1.80. The van der Waals surface area contributed by atoms with Crippen molar-refractivity contribution in [3.63, 3.8) is 0 Å². The molecule has 1 aromatic carbocycles. The minimum Gasteiger partial charge on any atom is -0.383 e. The number of nitrogens with one attached hydrogen (secondary N) is 1. The molecule has 192 valence electrons. The van der Waals surface area contributed by atoms with Gasteiger partial charge in [0, 0.05) is 25.8 Å². The number of ketones is 1. The Morgan fingerprint density at radius 1 is 1.14 bits per heavy atom. The van der Waals surface area contributed by atoms with E-state index in [1.54, 1.807) is 12.0 Å². The van der Waals surface area contributed by atoms with Crippen LogP contribution in [-0.2, 0) is 19.1 Å². The highest BCUT2D eigenvalue weighted by Gasteiger charge is 2.48. The Bertz CT molecular complexity index is 897. The van der Waals surface area contributed by atoms with Gasteiger partial charge in [-0.3, -0.25) is 14.4 Å². The van der Waals surface area contributed by atoms with Gasteiger partial charge < -0.3 is 24.6 Å². The van der Waals surface area contributed by atoms with E-state index in [1.165, 1.54) is 5.56 Å². The first-order valence-electron chi connectivity index (χ1n) is 13.0. The standard InChI is InChI=1S/C27H39N3O5/c1-4-18(2)24(27(33)30-14-11-23-25(30)22(31)17-35-23)28-26(32)21-7-5-19(6-8-21)20-9-12-29(13-10-20)15-16-34-3/h5-8,18,20,23-25H,4,9-17H2,1-3H3,(H,28,32)/t18-,23+,24-,25+/m0/s1. The van der Waals surface area contributed by atoms with Crippen molar-refractivity contribution in [2.45, 2.75) is 63.6 Å². The van der Waals surface area contributed by atoms with Crippen molar-refractivity contribution in [1.29, 1.82) is 0 Å². The molecule has 0 bridgehead atoms. The van der Waals surface area contributed by atoms with E-state index >= 15 is 0 Å². The molecule has 3 aliphatic rings. The van der Waals surface area contributed by atoms with Crippen LogP contribution in [0.3, 0.4) is 0 Å². The summed E-state index contributed by atoms with van der Waals surface area (Å²) < 4.78 is 10.7. The van der Waals surface area contributed by atoms with Gasteiger partial charge in [0.1, 0.15) is 18.7 Å². The smallest absolute Gasteiger partial charge is 0.251 e. The lowest BCUT2D eigenvalue weighted by Crippen LogP contribution is -2.54. The third kappa shape index (κ3) is 5.76. The molecule has 0 aliphatic carbocycles. The Morgan fingerprint density at radius 3 is 2.51 bits per heavy atom. The third-order valence-electron chi connectivity index (χ3n) is 8.00. The number of benzene rings is 1. The van der Waals surface area contributed by atoms with Gasteiger partial charge in [0.2, 0.25) is 5.91 Å². The molecule has 35 heavy (non-hydrogen) atoms.